The lowest BCUT2D eigenvalue weighted by Gasteiger charge is -2.32. The Hall–Kier alpha value is -1.14. The van der Waals surface area contributed by atoms with Crippen LogP contribution in [-0.2, 0) is 15.7 Å². The van der Waals surface area contributed by atoms with Gasteiger partial charge in [0, 0.05) is 11.6 Å². The fraction of sp³-hybridized carbons (Fsp3) is 0.625. The zero-order chi connectivity index (χ0) is 16.3. The van der Waals surface area contributed by atoms with Crippen molar-refractivity contribution < 1.29 is 22.8 Å². The predicted molar refractivity (Wildman–Crippen MR) is 80.5 cm³/mol. The summed E-state index contributed by atoms with van der Waals surface area (Å²) in [7, 11) is -1.05. The summed E-state index contributed by atoms with van der Waals surface area (Å²) in [5.41, 5.74) is -1.03. The molecule has 0 aliphatic carbocycles. The van der Waals surface area contributed by atoms with Gasteiger partial charge in [0.05, 0.1) is 22.8 Å². The molecule has 2 heterocycles. The summed E-state index contributed by atoms with van der Waals surface area (Å²) >= 11 is 0. The van der Waals surface area contributed by atoms with E-state index in [-0.39, 0.29) is 17.3 Å². The summed E-state index contributed by atoms with van der Waals surface area (Å²) < 4.78 is 46.4. The number of hydrogen-bond acceptors (Lipinski definition) is 3. The lowest BCUT2D eigenvalue weighted by Crippen LogP contribution is -2.41. The molecular formula is C16H21BF2O3. The summed E-state index contributed by atoms with van der Waals surface area (Å²) in [6, 6.07) is 1.24. The first kappa shape index (κ1) is 15.7. The maximum atomic E-state index is 14.8. The normalized spacial score (nSPS) is 25.8. The maximum absolute atomic E-state index is 14.8. The summed E-state index contributed by atoms with van der Waals surface area (Å²) in [5, 5.41) is 0. The number of rotatable bonds is 1. The fourth-order valence-corrected chi connectivity index (χ4v) is 2.79. The quantitative estimate of drug-likeness (QED) is 0.746. The molecule has 0 aromatic heterocycles. The zero-order valence-electron chi connectivity index (χ0n) is 13.6. The third-order valence-corrected chi connectivity index (χ3v) is 4.93. The lowest BCUT2D eigenvalue weighted by molar-refractivity contribution is 0.00578. The highest BCUT2D eigenvalue weighted by molar-refractivity contribution is 6.62. The van der Waals surface area contributed by atoms with Crippen LogP contribution in [0.5, 0.6) is 5.75 Å². The molecule has 3 nitrogen and oxygen atoms in total. The molecule has 6 heteroatoms. The van der Waals surface area contributed by atoms with Crippen LogP contribution in [0.15, 0.2) is 6.07 Å². The highest BCUT2D eigenvalue weighted by atomic mass is 19.1. The second-order valence-electron chi connectivity index (χ2n) is 7.12. The summed E-state index contributed by atoms with van der Waals surface area (Å²) in [5.74, 6) is -1.02. The Morgan fingerprint density at radius 2 is 1.73 bits per heavy atom. The van der Waals surface area contributed by atoms with E-state index in [0.29, 0.717) is 18.4 Å². The number of hydrogen-bond donors (Lipinski definition) is 0. The molecule has 1 atom stereocenters. The lowest BCUT2D eigenvalue weighted by atomic mass is 9.76. The predicted octanol–water partition coefficient (Wildman–Crippen LogP) is 2.98. The molecule has 0 spiro atoms. The van der Waals surface area contributed by atoms with Crippen LogP contribution in [0.2, 0.25) is 0 Å². The van der Waals surface area contributed by atoms with E-state index in [1.165, 1.54) is 6.07 Å². The van der Waals surface area contributed by atoms with Crippen LogP contribution in [0.25, 0.3) is 0 Å². The standard InChI is InChI=1S/C16H21BF2O3/c1-9-6-7-10-12(20-9)8-11(18)13(14(10)19)17-21-15(2,3)16(4,5)22-17/h8-9H,6-7H2,1-5H3. The summed E-state index contributed by atoms with van der Waals surface area (Å²) in [6.45, 7) is 9.30. The molecule has 0 amide bonds. The molecule has 3 rings (SSSR count). The van der Waals surface area contributed by atoms with Crippen molar-refractivity contribution in [1.29, 1.82) is 0 Å². The third kappa shape index (κ3) is 2.33. The van der Waals surface area contributed by atoms with Gasteiger partial charge in [-0.25, -0.2) is 8.78 Å². The summed E-state index contributed by atoms with van der Waals surface area (Å²) in [4.78, 5) is 0. The minimum absolute atomic E-state index is 0.0333. The molecule has 1 aromatic carbocycles. The second kappa shape index (κ2) is 4.93. The van der Waals surface area contributed by atoms with Gasteiger partial charge in [0.25, 0.3) is 0 Å². The zero-order valence-corrected chi connectivity index (χ0v) is 13.6. The van der Waals surface area contributed by atoms with Crippen molar-refractivity contribution in [2.75, 3.05) is 0 Å². The van der Waals surface area contributed by atoms with Gasteiger partial charge in [0.1, 0.15) is 17.4 Å². The molecule has 0 bridgehead atoms. The molecule has 1 fully saturated rings. The smallest absolute Gasteiger partial charge is 0.490 e. The van der Waals surface area contributed by atoms with E-state index >= 15 is 0 Å². The topological polar surface area (TPSA) is 27.7 Å². The molecule has 120 valence electrons. The highest BCUT2D eigenvalue weighted by Gasteiger charge is 2.53. The van der Waals surface area contributed by atoms with Gasteiger partial charge in [-0.1, -0.05) is 0 Å². The van der Waals surface area contributed by atoms with Gasteiger partial charge in [0.15, 0.2) is 0 Å². The van der Waals surface area contributed by atoms with E-state index in [1.54, 1.807) is 0 Å². The first-order chi connectivity index (χ1) is 10.1. The van der Waals surface area contributed by atoms with Crippen LogP contribution in [0.4, 0.5) is 8.78 Å². The Morgan fingerprint density at radius 3 is 2.32 bits per heavy atom. The van der Waals surface area contributed by atoms with Crippen molar-refractivity contribution in [1.82, 2.24) is 0 Å². The van der Waals surface area contributed by atoms with Gasteiger partial charge in [-0.3, -0.25) is 0 Å². The Kier molecular flexibility index (Phi) is 3.53. The van der Waals surface area contributed by atoms with Crippen LogP contribution in [-0.4, -0.2) is 24.4 Å². The molecule has 1 aromatic rings. The Bertz CT molecular complexity index is 600. The molecule has 0 saturated carbocycles. The van der Waals surface area contributed by atoms with Gasteiger partial charge in [-0.2, -0.15) is 0 Å². The minimum Gasteiger partial charge on any atom is -0.490 e. The monoisotopic (exact) mass is 310 g/mol. The maximum Gasteiger partial charge on any atom is 0.500 e. The van der Waals surface area contributed by atoms with Gasteiger partial charge in [0.2, 0.25) is 0 Å². The van der Waals surface area contributed by atoms with Gasteiger partial charge in [-0.15, -0.1) is 0 Å². The van der Waals surface area contributed by atoms with Crippen LogP contribution >= 0.6 is 0 Å². The molecule has 2 aliphatic heterocycles. The number of benzene rings is 1. The van der Waals surface area contributed by atoms with E-state index < -0.39 is 30.0 Å². The van der Waals surface area contributed by atoms with Crippen molar-refractivity contribution in [3.8, 4) is 5.75 Å². The Morgan fingerprint density at radius 1 is 1.14 bits per heavy atom. The first-order valence-electron chi connectivity index (χ1n) is 7.65. The van der Waals surface area contributed by atoms with Gasteiger partial charge < -0.3 is 14.0 Å². The van der Waals surface area contributed by atoms with Crippen molar-refractivity contribution in [3.63, 3.8) is 0 Å². The molecule has 2 aliphatic rings. The largest absolute Gasteiger partial charge is 0.500 e. The van der Waals surface area contributed by atoms with Crippen molar-refractivity contribution in [2.24, 2.45) is 0 Å². The second-order valence-corrected chi connectivity index (χ2v) is 7.12. The van der Waals surface area contributed by atoms with E-state index in [4.69, 9.17) is 14.0 Å². The number of halogens is 2. The summed E-state index contributed by atoms with van der Waals surface area (Å²) in [6.07, 6.45) is 1.20. The third-order valence-electron chi connectivity index (χ3n) is 4.93. The first-order valence-corrected chi connectivity index (χ1v) is 7.65. The molecule has 1 unspecified atom stereocenters. The van der Waals surface area contributed by atoms with Gasteiger partial charge in [-0.05, 0) is 47.5 Å². The van der Waals surface area contributed by atoms with Crippen LogP contribution < -0.4 is 10.2 Å². The molecule has 22 heavy (non-hydrogen) atoms. The average molecular weight is 310 g/mol. The van der Waals surface area contributed by atoms with E-state index in [1.807, 2.05) is 34.6 Å². The van der Waals surface area contributed by atoms with Crippen LogP contribution in [0.3, 0.4) is 0 Å². The van der Waals surface area contributed by atoms with Gasteiger partial charge >= 0.3 is 7.12 Å². The van der Waals surface area contributed by atoms with E-state index in [9.17, 15) is 8.78 Å². The molecule has 1 saturated heterocycles. The fourth-order valence-electron chi connectivity index (χ4n) is 2.79. The van der Waals surface area contributed by atoms with E-state index in [2.05, 4.69) is 0 Å². The SMILES string of the molecule is CC1CCc2c(cc(F)c(B3OC(C)(C)C(C)(C)O3)c2F)O1. The number of fused-ring (bicyclic) bond motifs is 1. The van der Waals surface area contributed by atoms with Crippen molar-refractivity contribution in [3.05, 3.63) is 23.3 Å². The minimum atomic E-state index is -1.05. The van der Waals surface area contributed by atoms with Crippen LogP contribution in [0.1, 0.15) is 46.6 Å². The Balaban J connectivity index is 2.03. The molecule has 0 N–H and O–H groups in total. The average Bonchev–Trinajstić information content (AvgIpc) is 2.57. The van der Waals surface area contributed by atoms with Crippen LogP contribution in [0, 0.1) is 11.6 Å². The van der Waals surface area contributed by atoms with E-state index in [0.717, 1.165) is 0 Å². The van der Waals surface area contributed by atoms with Crippen molar-refractivity contribution in [2.45, 2.75) is 64.8 Å². The molecular weight excluding hydrogens is 289 g/mol. The highest BCUT2D eigenvalue weighted by Crippen LogP contribution is 2.38. The van der Waals surface area contributed by atoms with Crippen molar-refractivity contribution >= 4 is 12.6 Å². The molecule has 0 radical (unpaired) electrons. The Labute approximate surface area is 130 Å². The number of ether oxygens (including phenoxy) is 1.